The summed E-state index contributed by atoms with van der Waals surface area (Å²) in [6, 6.07) is 12.7. The standard InChI is InChI=1S/C19H18FN3O2/c1-12(2)23-19(25)16-6-4-3-5-15(16)17(22-23)18(24)21-11-13-7-9-14(20)10-8-13/h3-10,12H,11H2,1-2H3,(H,21,24). The average molecular weight is 339 g/mol. The highest BCUT2D eigenvalue weighted by molar-refractivity contribution is 6.04. The van der Waals surface area contributed by atoms with Gasteiger partial charge in [0.2, 0.25) is 0 Å². The summed E-state index contributed by atoms with van der Waals surface area (Å²) >= 11 is 0. The first-order valence-electron chi connectivity index (χ1n) is 8.01. The van der Waals surface area contributed by atoms with E-state index in [-0.39, 0.29) is 35.6 Å². The molecule has 0 unspecified atom stereocenters. The topological polar surface area (TPSA) is 64.0 Å². The Labute approximate surface area is 144 Å². The number of benzene rings is 2. The molecule has 0 spiro atoms. The number of hydrogen-bond acceptors (Lipinski definition) is 3. The number of fused-ring (bicyclic) bond motifs is 1. The van der Waals surface area contributed by atoms with E-state index in [1.165, 1.54) is 16.8 Å². The molecule has 2 aromatic carbocycles. The van der Waals surface area contributed by atoms with E-state index >= 15 is 0 Å². The number of halogens is 1. The summed E-state index contributed by atoms with van der Waals surface area (Å²) < 4.78 is 14.3. The maximum Gasteiger partial charge on any atom is 0.274 e. The third-order valence-electron chi connectivity index (χ3n) is 3.90. The lowest BCUT2D eigenvalue weighted by Crippen LogP contribution is -2.31. The van der Waals surface area contributed by atoms with Crippen LogP contribution in [0.1, 0.15) is 35.9 Å². The van der Waals surface area contributed by atoms with Crippen LogP contribution >= 0.6 is 0 Å². The van der Waals surface area contributed by atoms with Gasteiger partial charge in [0.05, 0.1) is 11.4 Å². The molecule has 0 atom stereocenters. The van der Waals surface area contributed by atoms with Gasteiger partial charge in [-0.3, -0.25) is 9.59 Å². The van der Waals surface area contributed by atoms with Crippen molar-refractivity contribution in [1.82, 2.24) is 15.1 Å². The number of carbonyl (C=O) groups is 1. The second-order valence-electron chi connectivity index (χ2n) is 6.05. The largest absolute Gasteiger partial charge is 0.347 e. The molecule has 0 bridgehead atoms. The van der Waals surface area contributed by atoms with Gasteiger partial charge in [0.25, 0.3) is 11.5 Å². The third-order valence-corrected chi connectivity index (χ3v) is 3.90. The lowest BCUT2D eigenvalue weighted by atomic mass is 10.1. The number of rotatable bonds is 4. The van der Waals surface area contributed by atoms with Gasteiger partial charge in [0.15, 0.2) is 5.69 Å². The van der Waals surface area contributed by atoms with E-state index in [0.29, 0.717) is 10.8 Å². The van der Waals surface area contributed by atoms with E-state index in [2.05, 4.69) is 10.4 Å². The Bertz CT molecular complexity index is 978. The minimum absolute atomic E-state index is 0.166. The zero-order chi connectivity index (χ0) is 18.0. The Hall–Kier alpha value is -3.02. The Morgan fingerprint density at radius 3 is 2.40 bits per heavy atom. The second kappa shape index (κ2) is 6.84. The predicted octanol–water partition coefficient (Wildman–Crippen LogP) is 3.05. The molecule has 5 nitrogen and oxygen atoms in total. The molecule has 0 aliphatic carbocycles. The first-order valence-corrected chi connectivity index (χ1v) is 8.01. The van der Waals surface area contributed by atoms with Gasteiger partial charge >= 0.3 is 0 Å². The monoisotopic (exact) mass is 339 g/mol. The Morgan fingerprint density at radius 2 is 1.76 bits per heavy atom. The van der Waals surface area contributed by atoms with Crippen molar-refractivity contribution in [3.05, 3.63) is 76.0 Å². The van der Waals surface area contributed by atoms with Crippen molar-refractivity contribution in [3.63, 3.8) is 0 Å². The van der Waals surface area contributed by atoms with Crippen LogP contribution in [-0.2, 0) is 6.54 Å². The zero-order valence-corrected chi connectivity index (χ0v) is 14.0. The molecular weight excluding hydrogens is 321 g/mol. The van der Waals surface area contributed by atoms with E-state index in [4.69, 9.17) is 0 Å². The maximum atomic E-state index is 13.0. The maximum absolute atomic E-state index is 13.0. The van der Waals surface area contributed by atoms with Gasteiger partial charge in [-0.2, -0.15) is 5.10 Å². The Kier molecular flexibility index (Phi) is 4.61. The van der Waals surface area contributed by atoms with Crippen molar-refractivity contribution < 1.29 is 9.18 Å². The molecule has 25 heavy (non-hydrogen) atoms. The number of amides is 1. The molecule has 1 heterocycles. The van der Waals surface area contributed by atoms with Crippen molar-refractivity contribution in [3.8, 4) is 0 Å². The van der Waals surface area contributed by atoms with Crippen molar-refractivity contribution in [2.75, 3.05) is 0 Å². The number of hydrogen-bond donors (Lipinski definition) is 1. The first kappa shape index (κ1) is 16.8. The number of aromatic nitrogens is 2. The predicted molar refractivity (Wildman–Crippen MR) is 94.0 cm³/mol. The fraction of sp³-hybridized carbons (Fsp3) is 0.211. The quantitative estimate of drug-likeness (QED) is 0.794. The van der Waals surface area contributed by atoms with Crippen LogP contribution in [-0.4, -0.2) is 15.7 Å². The van der Waals surface area contributed by atoms with Gasteiger partial charge < -0.3 is 5.32 Å². The number of carbonyl (C=O) groups excluding carboxylic acids is 1. The summed E-state index contributed by atoms with van der Waals surface area (Å²) in [5.74, 6) is -0.707. The fourth-order valence-corrected chi connectivity index (χ4v) is 2.59. The van der Waals surface area contributed by atoms with E-state index in [1.54, 1.807) is 36.4 Å². The van der Waals surface area contributed by atoms with Crippen molar-refractivity contribution in [2.24, 2.45) is 0 Å². The van der Waals surface area contributed by atoms with Gasteiger partial charge in [0, 0.05) is 11.9 Å². The van der Waals surface area contributed by atoms with E-state index in [1.807, 2.05) is 13.8 Å². The van der Waals surface area contributed by atoms with Gasteiger partial charge in [-0.15, -0.1) is 0 Å². The van der Waals surface area contributed by atoms with E-state index in [9.17, 15) is 14.0 Å². The number of nitrogens with zero attached hydrogens (tertiary/aromatic N) is 2. The molecular formula is C19H18FN3O2. The summed E-state index contributed by atoms with van der Waals surface area (Å²) in [6.45, 7) is 3.92. The minimum Gasteiger partial charge on any atom is -0.347 e. The Balaban J connectivity index is 1.96. The van der Waals surface area contributed by atoms with Crippen LogP contribution in [0, 0.1) is 5.82 Å². The molecule has 0 fully saturated rings. The summed E-state index contributed by atoms with van der Waals surface area (Å²) in [6.07, 6.45) is 0. The molecule has 3 rings (SSSR count). The molecule has 1 aromatic heterocycles. The average Bonchev–Trinajstić information content (AvgIpc) is 2.61. The molecule has 1 amide bonds. The first-order chi connectivity index (χ1) is 12.0. The lowest BCUT2D eigenvalue weighted by molar-refractivity contribution is 0.0945. The van der Waals surface area contributed by atoms with Crippen LogP contribution in [0.15, 0.2) is 53.3 Å². The molecule has 1 N–H and O–H groups in total. The summed E-state index contributed by atoms with van der Waals surface area (Å²) in [4.78, 5) is 25.1. The van der Waals surface area contributed by atoms with Crippen LogP contribution in [0.2, 0.25) is 0 Å². The van der Waals surface area contributed by atoms with Crippen LogP contribution in [0.4, 0.5) is 4.39 Å². The molecule has 0 radical (unpaired) electrons. The molecule has 0 saturated heterocycles. The van der Waals surface area contributed by atoms with Crippen molar-refractivity contribution in [2.45, 2.75) is 26.4 Å². The molecule has 128 valence electrons. The van der Waals surface area contributed by atoms with E-state index < -0.39 is 0 Å². The molecule has 3 aromatic rings. The van der Waals surface area contributed by atoms with Gasteiger partial charge in [-0.25, -0.2) is 9.07 Å². The lowest BCUT2D eigenvalue weighted by Gasteiger charge is -2.13. The molecule has 0 aliphatic rings. The van der Waals surface area contributed by atoms with Crippen molar-refractivity contribution in [1.29, 1.82) is 0 Å². The number of nitrogens with one attached hydrogen (secondary N) is 1. The van der Waals surface area contributed by atoms with Crippen LogP contribution in [0.5, 0.6) is 0 Å². The summed E-state index contributed by atoms with van der Waals surface area (Å²) in [5.41, 5.74) is 0.753. The second-order valence-corrected chi connectivity index (χ2v) is 6.05. The third kappa shape index (κ3) is 3.42. The molecule has 6 heteroatoms. The highest BCUT2D eigenvalue weighted by atomic mass is 19.1. The molecule has 0 saturated carbocycles. The normalized spacial score (nSPS) is 11.0. The van der Waals surface area contributed by atoms with E-state index in [0.717, 1.165) is 5.56 Å². The Morgan fingerprint density at radius 1 is 1.12 bits per heavy atom. The van der Waals surface area contributed by atoms with Crippen LogP contribution < -0.4 is 10.9 Å². The van der Waals surface area contributed by atoms with Gasteiger partial charge in [-0.1, -0.05) is 30.3 Å². The zero-order valence-electron chi connectivity index (χ0n) is 14.0. The summed E-state index contributed by atoms with van der Waals surface area (Å²) in [7, 11) is 0. The van der Waals surface area contributed by atoms with Crippen LogP contribution in [0.3, 0.4) is 0 Å². The van der Waals surface area contributed by atoms with Crippen LogP contribution in [0.25, 0.3) is 10.8 Å². The van der Waals surface area contributed by atoms with Gasteiger partial charge in [0.1, 0.15) is 5.82 Å². The smallest absolute Gasteiger partial charge is 0.274 e. The minimum atomic E-state index is -0.380. The van der Waals surface area contributed by atoms with Gasteiger partial charge in [-0.05, 0) is 37.6 Å². The van der Waals surface area contributed by atoms with Crippen molar-refractivity contribution >= 4 is 16.7 Å². The fourth-order valence-electron chi connectivity index (χ4n) is 2.59. The summed E-state index contributed by atoms with van der Waals surface area (Å²) in [5, 5.41) is 8.00. The highest BCUT2D eigenvalue weighted by Gasteiger charge is 2.17. The molecule has 0 aliphatic heterocycles. The SMILES string of the molecule is CC(C)n1nc(C(=O)NCc2ccc(F)cc2)c2ccccc2c1=O. The highest BCUT2D eigenvalue weighted by Crippen LogP contribution is 2.15.